The molecule has 21 heavy (non-hydrogen) atoms. The van der Waals surface area contributed by atoms with Gasteiger partial charge < -0.3 is 4.90 Å². The van der Waals surface area contributed by atoms with Gasteiger partial charge in [0.15, 0.2) is 0 Å². The van der Waals surface area contributed by atoms with E-state index in [-0.39, 0.29) is 5.91 Å². The molecule has 0 saturated heterocycles. The quantitative estimate of drug-likeness (QED) is 0.795. The second-order valence-electron chi connectivity index (χ2n) is 5.74. The summed E-state index contributed by atoms with van der Waals surface area (Å²) in [6, 6.07) is 12.7. The summed E-state index contributed by atoms with van der Waals surface area (Å²) in [5, 5.41) is 2.02. The summed E-state index contributed by atoms with van der Waals surface area (Å²) in [5.41, 5.74) is 2.19. The van der Waals surface area contributed by atoms with Crippen molar-refractivity contribution < 1.29 is 4.79 Å². The van der Waals surface area contributed by atoms with E-state index in [1.54, 1.807) is 11.3 Å². The van der Waals surface area contributed by atoms with Crippen molar-refractivity contribution >= 4 is 17.2 Å². The average Bonchev–Trinajstić information content (AvgIpc) is 3.04. The minimum absolute atomic E-state index is 0.177. The fourth-order valence-electron chi connectivity index (χ4n) is 3.11. The van der Waals surface area contributed by atoms with Crippen LogP contribution in [-0.2, 0) is 0 Å². The summed E-state index contributed by atoms with van der Waals surface area (Å²) < 4.78 is 0. The molecule has 0 radical (unpaired) electrons. The molecule has 1 amide bonds. The molecule has 110 valence electrons. The van der Waals surface area contributed by atoms with Crippen molar-refractivity contribution in [3.63, 3.8) is 0 Å². The van der Waals surface area contributed by atoms with Crippen molar-refractivity contribution in [3.8, 4) is 11.1 Å². The van der Waals surface area contributed by atoms with Crippen LogP contribution in [0.5, 0.6) is 0 Å². The number of benzene rings is 1. The molecule has 2 aromatic rings. The molecule has 3 rings (SSSR count). The number of rotatable bonds is 3. The first-order chi connectivity index (χ1) is 10.3. The second-order valence-corrected chi connectivity index (χ2v) is 6.65. The van der Waals surface area contributed by atoms with Crippen molar-refractivity contribution in [2.75, 3.05) is 7.05 Å². The molecular formula is C18H21NOS. The lowest BCUT2D eigenvalue weighted by molar-refractivity contribution is 0.0702. The van der Waals surface area contributed by atoms with Crippen LogP contribution in [0.25, 0.3) is 11.1 Å². The van der Waals surface area contributed by atoms with Gasteiger partial charge in [0.1, 0.15) is 0 Å². The molecule has 1 fully saturated rings. The SMILES string of the molecule is CN(C(=O)c1sccc1-c1ccccc1)C1CCCCC1. The summed E-state index contributed by atoms with van der Waals surface area (Å²) in [5.74, 6) is 0.177. The fraction of sp³-hybridized carbons (Fsp3) is 0.389. The van der Waals surface area contributed by atoms with Crippen LogP contribution < -0.4 is 0 Å². The highest BCUT2D eigenvalue weighted by Crippen LogP contribution is 2.31. The van der Waals surface area contributed by atoms with Crippen LogP contribution in [0, 0.1) is 0 Å². The Kier molecular flexibility index (Phi) is 4.39. The normalized spacial score (nSPS) is 15.9. The monoisotopic (exact) mass is 299 g/mol. The van der Waals surface area contributed by atoms with Crippen LogP contribution in [0.2, 0.25) is 0 Å². The Hall–Kier alpha value is -1.61. The van der Waals surface area contributed by atoms with Gasteiger partial charge in [0, 0.05) is 18.7 Å². The molecule has 1 aromatic carbocycles. The van der Waals surface area contributed by atoms with E-state index in [1.807, 2.05) is 35.5 Å². The number of amides is 1. The van der Waals surface area contributed by atoms with Gasteiger partial charge in [-0.2, -0.15) is 0 Å². The van der Waals surface area contributed by atoms with E-state index >= 15 is 0 Å². The highest BCUT2D eigenvalue weighted by molar-refractivity contribution is 7.12. The Morgan fingerprint density at radius 3 is 2.52 bits per heavy atom. The van der Waals surface area contributed by atoms with Crippen molar-refractivity contribution in [1.29, 1.82) is 0 Å². The second kappa shape index (κ2) is 6.44. The van der Waals surface area contributed by atoms with Crippen molar-refractivity contribution in [3.05, 3.63) is 46.7 Å². The molecule has 0 atom stereocenters. The van der Waals surface area contributed by atoms with E-state index in [4.69, 9.17) is 0 Å². The molecule has 0 spiro atoms. The first-order valence-corrected chi connectivity index (χ1v) is 8.55. The first-order valence-electron chi connectivity index (χ1n) is 7.67. The minimum Gasteiger partial charge on any atom is -0.338 e. The summed E-state index contributed by atoms with van der Waals surface area (Å²) >= 11 is 1.55. The van der Waals surface area contributed by atoms with Gasteiger partial charge >= 0.3 is 0 Å². The number of carbonyl (C=O) groups is 1. The van der Waals surface area contributed by atoms with Crippen LogP contribution in [0.3, 0.4) is 0 Å². The number of carbonyl (C=O) groups excluding carboxylic acids is 1. The first kappa shape index (κ1) is 14.3. The van der Waals surface area contributed by atoms with Gasteiger partial charge in [0.25, 0.3) is 5.91 Å². The van der Waals surface area contributed by atoms with Gasteiger partial charge in [-0.25, -0.2) is 0 Å². The van der Waals surface area contributed by atoms with E-state index < -0.39 is 0 Å². The lowest BCUT2D eigenvalue weighted by atomic mass is 9.94. The third-order valence-corrected chi connectivity index (χ3v) is 5.29. The minimum atomic E-state index is 0.177. The largest absolute Gasteiger partial charge is 0.338 e. The zero-order valence-electron chi connectivity index (χ0n) is 12.4. The van der Waals surface area contributed by atoms with Crippen molar-refractivity contribution in [1.82, 2.24) is 4.90 Å². The van der Waals surface area contributed by atoms with Gasteiger partial charge in [-0.1, -0.05) is 49.6 Å². The Labute approximate surface area is 130 Å². The smallest absolute Gasteiger partial charge is 0.264 e. The van der Waals surface area contributed by atoms with E-state index in [0.717, 1.165) is 28.8 Å². The Bertz CT molecular complexity index is 599. The van der Waals surface area contributed by atoms with Gasteiger partial charge in [-0.15, -0.1) is 11.3 Å². The molecule has 0 bridgehead atoms. The topological polar surface area (TPSA) is 20.3 Å². The number of nitrogens with zero attached hydrogens (tertiary/aromatic N) is 1. The molecule has 3 heteroatoms. The lowest BCUT2D eigenvalue weighted by Crippen LogP contribution is -2.38. The number of hydrogen-bond donors (Lipinski definition) is 0. The molecule has 0 aliphatic heterocycles. The Morgan fingerprint density at radius 2 is 1.81 bits per heavy atom. The van der Waals surface area contributed by atoms with E-state index in [1.165, 1.54) is 19.3 Å². The molecule has 1 aliphatic carbocycles. The van der Waals surface area contributed by atoms with Gasteiger partial charge in [-0.05, 0) is 29.9 Å². The van der Waals surface area contributed by atoms with Crippen molar-refractivity contribution in [2.45, 2.75) is 38.1 Å². The zero-order chi connectivity index (χ0) is 14.7. The van der Waals surface area contributed by atoms with Crippen LogP contribution in [0.4, 0.5) is 0 Å². The maximum absolute atomic E-state index is 12.8. The number of thiophene rings is 1. The average molecular weight is 299 g/mol. The lowest BCUT2D eigenvalue weighted by Gasteiger charge is -2.31. The molecule has 2 nitrogen and oxygen atoms in total. The molecule has 0 N–H and O–H groups in total. The number of hydrogen-bond acceptors (Lipinski definition) is 2. The third-order valence-electron chi connectivity index (χ3n) is 4.39. The maximum atomic E-state index is 12.8. The molecule has 0 unspecified atom stereocenters. The van der Waals surface area contributed by atoms with Gasteiger partial charge in [0.05, 0.1) is 4.88 Å². The molecule has 1 aliphatic rings. The Morgan fingerprint density at radius 1 is 1.10 bits per heavy atom. The molecular weight excluding hydrogens is 278 g/mol. The third kappa shape index (κ3) is 3.03. The van der Waals surface area contributed by atoms with Crippen LogP contribution >= 0.6 is 11.3 Å². The molecule has 1 heterocycles. The van der Waals surface area contributed by atoms with Gasteiger partial charge in [0.2, 0.25) is 0 Å². The Balaban J connectivity index is 1.84. The zero-order valence-corrected chi connectivity index (χ0v) is 13.2. The standard InChI is InChI=1S/C18H21NOS/c1-19(15-10-6-3-7-11-15)18(20)17-16(12-13-21-17)14-8-4-2-5-9-14/h2,4-5,8-9,12-13,15H,3,6-7,10-11H2,1H3. The highest BCUT2D eigenvalue weighted by Gasteiger charge is 2.25. The summed E-state index contributed by atoms with van der Waals surface area (Å²) in [6.07, 6.45) is 6.10. The summed E-state index contributed by atoms with van der Waals surface area (Å²) in [4.78, 5) is 15.7. The fourth-order valence-corrected chi connectivity index (χ4v) is 4.01. The van der Waals surface area contributed by atoms with E-state index in [2.05, 4.69) is 18.2 Å². The maximum Gasteiger partial charge on any atom is 0.264 e. The highest BCUT2D eigenvalue weighted by atomic mass is 32.1. The molecule has 1 aromatic heterocycles. The summed E-state index contributed by atoms with van der Waals surface area (Å²) in [6.45, 7) is 0. The van der Waals surface area contributed by atoms with Crippen LogP contribution in [0.1, 0.15) is 41.8 Å². The van der Waals surface area contributed by atoms with Crippen LogP contribution in [-0.4, -0.2) is 23.9 Å². The van der Waals surface area contributed by atoms with Gasteiger partial charge in [-0.3, -0.25) is 4.79 Å². The van der Waals surface area contributed by atoms with E-state index in [9.17, 15) is 4.79 Å². The summed E-state index contributed by atoms with van der Waals surface area (Å²) in [7, 11) is 1.97. The van der Waals surface area contributed by atoms with E-state index in [0.29, 0.717) is 6.04 Å². The molecule has 1 saturated carbocycles. The predicted octanol–water partition coefficient (Wildman–Crippen LogP) is 4.82. The van der Waals surface area contributed by atoms with Crippen LogP contribution in [0.15, 0.2) is 41.8 Å². The predicted molar refractivity (Wildman–Crippen MR) is 88.7 cm³/mol. The van der Waals surface area contributed by atoms with Crippen molar-refractivity contribution in [2.24, 2.45) is 0 Å².